The minimum atomic E-state index is 0.648. The van der Waals surface area contributed by atoms with Gasteiger partial charge in [-0.25, -0.2) is 9.97 Å². The van der Waals surface area contributed by atoms with Crippen molar-refractivity contribution in [3.8, 4) is 0 Å². The number of pyridine rings is 1. The lowest BCUT2D eigenvalue weighted by Crippen LogP contribution is -2.44. The van der Waals surface area contributed by atoms with Crippen LogP contribution in [0.1, 0.15) is 17.1 Å². The Morgan fingerprint density at radius 2 is 1.93 bits per heavy atom. The highest BCUT2D eigenvalue weighted by atomic mass is 15.3. The van der Waals surface area contributed by atoms with Crippen molar-refractivity contribution in [1.29, 1.82) is 0 Å². The van der Waals surface area contributed by atoms with Crippen molar-refractivity contribution in [2.24, 2.45) is 0 Å². The Hall–Kier alpha value is -3.26. The number of nitrogens with one attached hydrogen (secondary N) is 2. The van der Waals surface area contributed by atoms with Crippen LogP contribution in [-0.4, -0.2) is 63.3 Å². The molecule has 4 rings (SSSR count). The lowest BCUT2D eigenvalue weighted by Gasteiger charge is -2.33. The molecule has 144 valence electrons. The van der Waals surface area contributed by atoms with Crippen LogP contribution in [0, 0.1) is 6.92 Å². The van der Waals surface area contributed by atoms with E-state index >= 15 is 0 Å². The van der Waals surface area contributed by atoms with E-state index in [0.29, 0.717) is 5.82 Å². The van der Waals surface area contributed by atoms with Gasteiger partial charge in [-0.3, -0.25) is 10.1 Å². The van der Waals surface area contributed by atoms with Gasteiger partial charge in [-0.15, -0.1) is 0 Å². The number of H-pyrrole nitrogens is 1. The van der Waals surface area contributed by atoms with Crippen molar-refractivity contribution in [3.05, 3.63) is 53.7 Å². The zero-order valence-electron chi connectivity index (χ0n) is 16.1. The number of aryl methyl sites for hydroxylation is 1. The highest BCUT2D eigenvalue weighted by molar-refractivity contribution is 5.68. The smallest absolute Gasteiger partial charge is 0.156 e. The van der Waals surface area contributed by atoms with E-state index in [4.69, 9.17) is 4.98 Å². The topological polar surface area (TPSA) is 85.9 Å². The van der Waals surface area contributed by atoms with E-state index in [2.05, 4.69) is 42.3 Å². The van der Waals surface area contributed by atoms with E-state index in [1.54, 1.807) is 6.20 Å². The Bertz CT molecular complexity index is 942. The molecule has 1 fully saturated rings. The van der Waals surface area contributed by atoms with Crippen LogP contribution in [-0.2, 0) is 0 Å². The molecule has 0 aliphatic carbocycles. The van der Waals surface area contributed by atoms with Crippen LogP contribution in [0.4, 0.5) is 17.5 Å². The van der Waals surface area contributed by atoms with Crippen molar-refractivity contribution in [2.45, 2.75) is 6.92 Å². The van der Waals surface area contributed by atoms with Gasteiger partial charge in [0.05, 0.1) is 0 Å². The third kappa shape index (κ3) is 4.52. The minimum absolute atomic E-state index is 0.648. The molecule has 1 aliphatic rings. The third-order valence-electron chi connectivity index (χ3n) is 4.63. The summed E-state index contributed by atoms with van der Waals surface area (Å²) in [6.07, 6.45) is 7.46. The van der Waals surface area contributed by atoms with E-state index in [0.717, 1.165) is 54.9 Å². The second-order valence-corrected chi connectivity index (χ2v) is 6.94. The zero-order valence-corrected chi connectivity index (χ0v) is 16.1. The lowest BCUT2D eigenvalue weighted by atomic mass is 10.2. The first-order valence-corrected chi connectivity index (χ1v) is 9.35. The molecule has 2 N–H and O–H groups in total. The number of piperazine rings is 1. The van der Waals surface area contributed by atoms with Gasteiger partial charge in [-0.05, 0) is 37.8 Å². The van der Waals surface area contributed by atoms with Crippen LogP contribution in [0.5, 0.6) is 0 Å². The number of hydrogen-bond donors (Lipinski definition) is 2. The molecule has 4 heterocycles. The van der Waals surface area contributed by atoms with Crippen molar-refractivity contribution in [2.75, 3.05) is 43.4 Å². The van der Waals surface area contributed by atoms with Gasteiger partial charge < -0.3 is 15.1 Å². The second kappa shape index (κ2) is 8.18. The van der Waals surface area contributed by atoms with Gasteiger partial charge >= 0.3 is 0 Å². The molecule has 0 bridgehead atoms. The fraction of sp³-hybridized carbons (Fsp3) is 0.300. The monoisotopic (exact) mass is 376 g/mol. The van der Waals surface area contributed by atoms with Crippen LogP contribution in [0.2, 0.25) is 0 Å². The van der Waals surface area contributed by atoms with Gasteiger partial charge in [0.15, 0.2) is 11.6 Å². The highest BCUT2D eigenvalue weighted by Crippen LogP contribution is 2.21. The Kier molecular flexibility index (Phi) is 5.29. The summed E-state index contributed by atoms with van der Waals surface area (Å²) in [6, 6.07) is 7.84. The van der Waals surface area contributed by atoms with Gasteiger partial charge in [-0.1, -0.05) is 6.07 Å². The van der Waals surface area contributed by atoms with Crippen LogP contribution in [0.25, 0.3) is 12.2 Å². The van der Waals surface area contributed by atoms with Crippen molar-refractivity contribution < 1.29 is 0 Å². The largest absolute Gasteiger partial charge is 0.354 e. The maximum Gasteiger partial charge on any atom is 0.156 e. The van der Waals surface area contributed by atoms with Gasteiger partial charge in [0.1, 0.15) is 11.6 Å². The minimum Gasteiger partial charge on any atom is -0.354 e. The lowest BCUT2D eigenvalue weighted by molar-refractivity contribution is 0.312. The molecular weight excluding hydrogens is 352 g/mol. The van der Waals surface area contributed by atoms with E-state index in [1.807, 2.05) is 49.5 Å². The molecule has 0 spiro atoms. The number of rotatable bonds is 5. The first kappa shape index (κ1) is 18.1. The van der Waals surface area contributed by atoms with E-state index in [-0.39, 0.29) is 0 Å². The summed E-state index contributed by atoms with van der Waals surface area (Å²) in [5.41, 5.74) is 2.00. The third-order valence-corrected chi connectivity index (χ3v) is 4.63. The summed E-state index contributed by atoms with van der Waals surface area (Å²) in [5, 5.41) is 10.5. The van der Waals surface area contributed by atoms with E-state index < -0.39 is 0 Å². The number of hydrogen-bond acceptors (Lipinski definition) is 7. The molecular formula is C20H24N8. The van der Waals surface area contributed by atoms with Crippen molar-refractivity contribution >= 4 is 29.6 Å². The Balaban J connectivity index is 1.62. The SMILES string of the molecule is Cc1cc(Nc2cc(N3CCN(C)CC3)nc(/C=C/c3cccnc3)n2)n[nH]1. The molecule has 1 saturated heterocycles. The molecule has 3 aromatic rings. The second-order valence-electron chi connectivity index (χ2n) is 6.94. The fourth-order valence-corrected chi connectivity index (χ4v) is 3.05. The Morgan fingerprint density at radius 3 is 2.64 bits per heavy atom. The number of aromatic nitrogens is 5. The molecule has 0 amide bonds. The maximum absolute atomic E-state index is 4.76. The summed E-state index contributed by atoms with van der Waals surface area (Å²) in [4.78, 5) is 18.2. The summed E-state index contributed by atoms with van der Waals surface area (Å²) < 4.78 is 0. The molecule has 0 unspecified atom stereocenters. The molecule has 0 atom stereocenters. The molecule has 3 aromatic heterocycles. The van der Waals surface area contributed by atoms with Gasteiger partial charge in [-0.2, -0.15) is 5.10 Å². The molecule has 28 heavy (non-hydrogen) atoms. The van der Waals surface area contributed by atoms with Crippen LogP contribution < -0.4 is 10.2 Å². The molecule has 0 saturated carbocycles. The van der Waals surface area contributed by atoms with E-state index in [1.165, 1.54) is 0 Å². The Morgan fingerprint density at radius 1 is 1.07 bits per heavy atom. The van der Waals surface area contributed by atoms with Gasteiger partial charge in [0.2, 0.25) is 0 Å². The summed E-state index contributed by atoms with van der Waals surface area (Å²) in [5.74, 6) is 3.03. The zero-order chi connectivity index (χ0) is 19.3. The first-order chi connectivity index (χ1) is 13.7. The molecule has 1 aliphatic heterocycles. The molecule has 0 aromatic carbocycles. The normalized spacial score (nSPS) is 15.3. The number of likely N-dealkylation sites (N-methyl/N-ethyl adjacent to an activating group) is 1. The van der Waals surface area contributed by atoms with Gasteiger partial charge in [0, 0.05) is 56.4 Å². The quantitative estimate of drug-likeness (QED) is 0.708. The van der Waals surface area contributed by atoms with E-state index in [9.17, 15) is 0 Å². The first-order valence-electron chi connectivity index (χ1n) is 9.35. The Labute approximate surface area is 164 Å². The highest BCUT2D eigenvalue weighted by Gasteiger charge is 2.17. The summed E-state index contributed by atoms with van der Waals surface area (Å²) in [6.45, 7) is 5.90. The average Bonchev–Trinajstić information content (AvgIpc) is 3.12. The maximum atomic E-state index is 4.76. The molecule has 8 nitrogen and oxygen atoms in total. The van der Waals surface area contributed by atoms with Crippen molar-refractivity contribution in [3.63, 3.8) is 0 Å². The standard InChI is InChI=1S/C20H24N8/c1-15-12-19(26-25-15)23-18-13-20(28-10-8-27(2)9-11-28)24-17(22-18)6-5-16-4-3-7-21-14-16/h3-7,12-14H,8-11H2,1-2H3,(H2,22,23,24,25,26)/b6-5+. The summed E-state index contributed by atoms with van der Waals surface area (Å²) >= 11 is 0. The predicted octanol–water partition coefficient (Wildman–Crippen LogP) is 2.57. The number of nitrogens with zero attached hydrogens (tertiary/aromatic N) is 6. The van der Waals surface area contributed by atoms with Crippen LogP contribution >= 0.6 is 0 Å². The molecule has 8 heteroatoms. The predicted molar refractivity (Wildman–Crippen MR) is 112 cm³/mol. The number of anilines is 3. The average molecular weight is 376 g/mol. The van der Waals surface area contributed by atoms with Crippen LogP contribution in [0.15, 0.2) is 36.7 Å². The van der Waals surface area contributed by atoms with Crippen LogP contribution in [0.3, 0.4) is 0 Å². The van der Waals surface area contributed by atoms with Gasteiger partial charge in [0.25, 0.3) is 0 Å². The molecule has 0 radical (unpaired) electrons. The fourth-order valence-electron chi connectivity index (χ4n) is 3.05. The van der Waals surface area contributed by atoms with Crippen molar-refractivity contribution in [1.82, 2.24) is 30.0 Å². The number of aromatic amines is 1. The summed E-state index contributed by atoms with van der Waals surface area (Å²) in [7, 11) is 2.15.